The Morgan fingerprint density at radius 3 is 2.88 bits per heavy atom. The first-order valence-electron chi connectivity index (χ1n) is 5.05. The first-order valence-corrected chi connectivity index (χ1v) is 5.45. The molecule has 3 nitrogen and oxygen atoms in total. The first kappa shape index (κ1) is 11.9. The standard InChI is InChI=1S/C12H11FN2OS/c1-16-7-11-14-10(6-12(17)15-11)8-4-2-3-5-9(8)13/h2-6H,7H2,1H3,(H,14,15,17). The maximum absolute atomic E-state index is 13.6. The number of nitrogens with one attached hydrogen (secondary N) is 1. The molecule has 2 aromatic rings. The minimum Gasteiger partial charge on any atom is -0.377 e. The Labute approximate surface area is 103 Å². The van der Waals surface area contributed by atoms with E-state index in [0.29, 0.717) is 28.3 Å². The molecule has 2 rings (SSSR count). The predicted octanol–water partition coefficient (Wildman–Crippen LogP) is 3.09. The molecular formula is C12H11FN2OS. The lowest BCUT2D eigenvalue weighted by atomic mass is 10.1. The van der Waals surface area contributed by atoms with Gasteiger partial charge in [-0.05, 0) is 18.2 Å². The highest BCUT2D eigenvalue weighted by molar-refractivity contribution is 7.71. The number of H-pyrrole nitrogens is 1. The fourth-order valence-electron chi connectivity index (χ4n) is 1.54. The number of ether oxygens (including phenoxy) is 1. The van der Waals surface area contributed by atoms with Crippen molar-refractivity contribution >= 4 is 12.2 Å². The van der Waals surface area contributed by atoms with E-state index in [-0.39, 0.29) is 5.82 Å². The average molecular weight is 250 g/mol. The van der Waals surface area contributed by atoms with Crippen LogP contribution in [0.15, 0.2) is 30.3 Å². The summed E-state index contributed by atoms with van der Waals surface area (Å²) in [6.07, 6.45) is 0. The molecule has 1 aromatic carbocycles. The summed E-state index contributed by atoms with van der Waals surface area (Å²) in [6.45, 7) is 0.311. The lowest BCUT2D eigenvalue weighted by molar-refractivity contribution is 0.177. The molecule has 1 N–H and O–H groups in total. The van der Waals surface area contributed by atoms with Crippen molar-refractivity contribution in [3.05, 3.63) is 46.6 Å². The summed E-state index contributed by atoms with van der Waals surface area (Å²) in [5, 5.41) is 0. The number of halogens is 1. The van der Waals surface area contributed by atoms with Gasteiger partial charge in [0.25, 0.3) is 0 Å². The number of aromatic amines is 1. The minimum absolute atomic E-state index is 0.298. The van der Waals surface area contributed by atoms with Crippen LogP contribution in [0.5, 0.6) is 0 Å². The topological polar surface area (TPSA) is 37.9 Å². The van der Waals surface area contributed by atoms with Gasteiger partial charge in [0.05, 0.1) is 5.69 Å². The van der Waals surface area contributed by atoms with Gasteiger partial charge in [-0.3, -0.25) is 0 Å². The van der Waals surface area contributed by atoms with Crippen molar-refractivity contribution in [2.45, 2.75) is 6.61 Å². The van der Waals surface area contributed by atoms with Crippen molar-refractivity contribution in [2.24, 2.45) is 0 Å². The third-order valence-corrected chi connectivity index (χ3v) is 2.45. The van der Waals surface area contributed by atoms with E-state index in [1.54, 1.807) is 31.4 Å². The van der Waals surface area contributed by atoms with Gasteiger partial charge in [0.1, 0.15) is 22.9 Å². The summed E-state index contributed by atoms with van der Waals surface area (Å²) in [5.41, 5.74) is 1.08. The zero-order chi connectivity index (χ0) is 12.3. The number of benzene rings is 1. The molecule has 0 bridgehead atoms. The Kier molecular flexibility index (Phi) is 3.61. The predicted molar refractivity (Wildman–Crippen MR) is 65.5 cm³/mol. The molecule has 0 spiro atoms. The van der Waals surface area contributed by atoms with Crippen LogP contribution in [0, 0.1) is 10.5 Å². The van der Waals surface area contributed by atoms with Crippen LogP contribution in [0.25, 0.3) is 11.3 Å². The van der Waals surface area contributed by atoms with Gasteiger partial charge in [-0.1, -0.05) is 24.4 Å². The quantitative estimate of drug-likeness (QED) is 0.851. The van der Waals surface area contributed by atoms with Crippen LogP contribution in [-0.2, 0) is 11.3 Å². The summed E-state index contributed by atoms with van der Waals surface area (Å²) in [4.78, 5) is 7.09. The molecule has 0 aliphatic heterocycles. The van der Waals surface area contributed by atoms with E-state index >= 15 is 0 Å². The zero-order valence-corrected chi connectivity index (χ0v) is 10.1. The van der Waals surface area contributed by atoms with Crippen LogP contribution in [0.2, 0.25) is 0 Å². The lowest BCUT2D eigenvalue weighted by Crippen LogP contribution is -1.99. The summed E-state index contributed by atoms with van der Waals surface area (Å²) in [7, 11) is 1.56. The molecule has 17 heavy (non-hydrogen) atoms. The van der Waals surface area contributed by atoms with Crippen LogP contribution >= 0.6 is 12.2 Å². The van der Waals surface area contributed by atoms with E-state index in [2.05, 4.69) is 9.97 Å². The fourth-order valence-corrected chi connectivity index (χ4v) is 1.77. The second-order valence-corrected chi connectivity index (χ2v) is 3.91. The summed E-state index contributed by atoms with van der Waals surface area (Å²) >= 11 is 5.04. The SMILES string of the molecule is COCc1nc(=S)cc(-c2ccccc2F)[nH]1. The molecule has 0 aliphatic rings. The Morgan fingerprint density at radius 2 is 2.18 bits per heavy atom. The minimum atomic E-state index is -0.298. The number of hydrogen-bond donors (Lipinski definition) is 1. The van der Waals surface area contributed by atoms with Gasteiger partial charge in [-0.15, -0.1) is 0 Å². The van der Waals surface area contributed by atoms with Crippen molar-refractivity contribution in [1.29, 1.82) is 0 Å². The summed E-state index contributed by atoms with van der Waals surface area (Å²) < 4.78 is 19.0. The van der Waals surface area contributed by atoms with E-state index < -0.39 is 0 Å². The smallest absolute Gasteiger partial charge is 0.134 e. The Bertz CT molecular complexity index is 583. The molecule has 0 radical (unpaired) electrons. The maximum Gasteiger partial charge on any atom is 0.134 e. The van der Waals surface area contributed by atoms with Gasteiger partial charge in [-0.2, -0.15) is 0 Å². The molecule has 0 fully saturated rings. The number of hydrogen-bond acceptors (Lipinski definition) is 3. The third-order valence-electron chi connectivity index (χ3n) is 2.24. The second-order valence-electron chi connectivity index (χ2n) is 3.49. The number of nitrogens with zero attached hydrogens (tertiary/aromatic N) is 1. The van der Waals surface area contributed by atoms with Crippen molar-refractivity contribution in [1.82, 2.24) is 9.97 Å². The van der Waals surface area contributed by atoms with Crippen LogP contribution < -0.4 is 0 Å². The molecule has 0 saturated heterocycles. The maximum atomic E-state index is 13.6. The van der Waals surface area contributed by atoms with Gasteiger partial charge >= 0.3 is 0 Å². The van der Waals surface area contributed by atoms with E-state index in [9.17, 15) is 4.39 Å². The van der Waals surface area contributed by atoms with Gasteiger partial charge in [-0.25, -0.2) is 9.37 Å². The second kappa shape index (κ2) is 5.16. The Morgan fingerprint density at radius 1 is 1.41 bits per heavy atom. The largest absolute Gasteiger partial charge is 0.377 e. The van der Waals surface area contributed by atoms with Crippen LogP contribution in [-0.4, -0.2) is 17.1 Å². The third kappa shape index (κ3) is 2.75. The van der Waals surface area contributed by atoms with Crippen molar-refractivity contribution in [2.75, 3.05) is 7.11 Å². The average Bonchev–Trinajstić information content (AvgIpc) is 2.29. The molecular weight excluding hydrogens is 239 g/mol. The molecule has 0 aliphatic carbocycles. The molecule has 5 heteroatoms. The Balaban J connectivity index is 2.52. The van der Waals surface area contributed by atoms with Crippen LogP contribution in [0.4, 0.5) is 4.39 Å². The normalized spacial score (nSPS) is 10.5. The molecule has 0 unspecified atom stereocenters. The van der Waals surface area contributed by atoms with E-state index in [0.717, 1.165) is 0 Å². The highest BCUT2D eigenvalue weighted by Gasteiger charge is 2.06. The Hall–Kier alpha value is -1.59. The van der Waals surface area contributed by atoms with Crippen LogP contribution in [0.1, 0.15) is 5.82 Å². The van der Waals surface area contributed by atoms with E-state index in [4.69, 9.17) is 17.0 Å². The highest BCUT2D eigenvalue weighted by atomic mass is 32.1. The summed E-state index contributed by atoms with van der Waals surface area (Å²) in [6, 6.07) is 8.14. The molecule has 1 heterocycles. The molecule has 0 amide bonds. The van der Waals surface area contributed by atoms with E-state index in [1.807, 2.05) is 0 Å². The van der Waals surface area contributed by atoms with Crippen LogP contribution in [0.3, 0.4) is 0 Å². The fraction of sp³-hybridized carbons (Fsp3) is 0.167. The number of rotatable bonds is 3. The highest BCUT2D eigenvalue weighted by Crippen LogP contribution is 2.20. The van der Waals surface area contributed by atoms with Gasteiger partial charge < -0.3 is 9.72 Å². The van der Waals surface area contributed by atoms with Gasteiger partial charge in [0.15, 0.2) is 0 Å². The van der Waals surface area contributed by atoms with Gasteiger partial charge in [0, 0.05) is 12.7 Å². The summed E-state index contributed by atoms with van der Waals surface area (Å²) in [5.74, 6) is 0.283. The zero-order valence-electron chi connectivity index (χ0n) is 9.24. The molecule has 0 saturated carbocycles. The van der Waals surface area contributed by atoms with Crippen molar-refractivity contribution in [3.63, 3.8) is 0 Å². The number of methoxy groups -OCH3 is 1. The van der Waals surface area contributed by atoms with Gasteiger partial charge in [0.2, 0.25) is 0 Å². The molecule has 0 atom stereocenters. The lowest BCUT2D eigenvalue weighted by Gasteiger charge is -2.06. The molecule has 88 valence electrons. The molecule has 1 aromatic heterocycles. The first-order chi connectivity index (χ1) is 8.20. The van der Waals surface area contributed by atoms with Crippen molar-refractivity contribution in [3.8, 4) is 11.3 Å². The monoisotopic (exact) mass is 250 g/mol. The van der Waals surface area contributed by atoms with Crippen molar-refractivity contribution < 1.29 is 9.13 Å². The number of aromatic nitrogens is 2. The van der Waals surface area contributed by atoms with E-state index in [1.165, 1.54) is 6.07 Å².